The monoisotopic (exact) mass is 624 g/mol. The maximum atomic E-state index is 13.7. The third-order valence-electron chi connectivity index (χ3n) is 6.62. The van der Waals surface area contributed by atoms with Gasteiger partial charge in [0.25, 0.3) is 0 Å². The molecule has 0 bridgehead atoms. The Bertz CT molecular complexity index is 1610. The number of ether oxygens (including phenoxy) is 3. The summed E-state index contributed by atoms with van der Waals surface area (Å²) in [7, 11) is 0. The minimum absolute atomic E-state index is 0.0104. The van der Waals surface area contributed by atoms with Gasteiger partial charge in [0.05, 0.1) is 69.0 Å². The van der Waals surface area contributed by atoms with E-state index in [0.717, 1.165) is 11.5 Å². The highest BCUT2D eigenvalue weighted by atomic mass is 19.1. The molecular formula is C31H33FN4O9. The Kier molecular flexibility index (Phi) is 11.9. The highest BCUT2D eigenvalue weighted by molar-refractivity contribution is 5.82. The van der Waals surface area contributed by atoms with Crippen molar-refractivity contribution in [2.24, 2.45) is 5.92 Å². The van der Waals surface area contributed by atoms with Crippen molar-refractivity contribution >= 4 is 28.6 Å². The number of carbonyl (C=O) groups excluding carboxylic acids is 1. The van der Waals surface area contributed by atoms with Crippen molar-refractivity contribution in [3.8, 4) is 28.6 Å². The van der Waals surface area contributed by atoms with Crippen LogP contribution in [0.3, 0.4) is 0 Å². The molecule has 2 aromatic heterocycles. The second kappa shape index (κ2) is 16.2. The predicted molar refractivity (Wildman–Crippen MR) is 158 cm³/mol. The van der Waals surface area contributed by atoms with Crippen LogP contribution in [0.25, 0.3) is 28.0 Å². The van der Waals surface area contributed by atoms with Gasteiger partial charge in [0.1, 0.15) is 17.2 Å². The molecule has 13 nitrogen and oxygen atoms in total. The molecule has 45 heavy (non-hydrogen) atoms. The predicted octanol–water partition coefficient (Wildman–Crippen LogP) is 4.04. The smallest absolute Gasteiger partial charge is 0.305 e. The van der Waals surface area contributed by atoms with Gasteiger partial charge in [-0.15, -0.1) is 5.10 Å². The van der Waals surface area contributed by atoms with Gasteiger partial charge in [-0.1, -0.05) is 11.3 Å². The average Bonchev–Trinajstić information content (AvgIpc) is 3.51. The largest absolute Gasteiger partial charge is 0.505 e. The summed E-state index contributed by atoms with van der Waals surface area (Å²) in [5.74, 6) is -2.93. The maximum Gasteiger partial charge on any atom is 0.305 e. The van der Waals surface area contributed by atoms with Crippen LogP contribution in [-0.2, 0) is 23.9 Å². The molecule has 14 heteroatoms. The number of fused-ring (bicyclic) bond motifs is 1. The number of nitrogens with zero attached hydrogens (tertiary/aromatic N) is 4. The highest BCUT2D eigenvalue weighted by Crippen LogP contribution is 2.25. The number of carboxylic acid groups (broad SMARTS) is 2. The second-order valence-corrected chi connectivity index (χ2v) is 10.2. The first-order valence-electron chi connectivity index (χ1n) is 14.2. The lowest BCUT2D eigenvalue weighted by Gasteiger charge is -2.16. The Hall–Kier alpha value is -4.95. The summed E-state index contributed by atoms with van der Waals surface area (Å²) in [6.45, 7) is 0.587. The second-order valence-electron chi connectivity index (χ2n) is 10.2. The van der Waals surface area contributed by atoms with Crippen LogP contribution >= 0.6 is 0 Å². The quantitative estimate of drug-likeness (QED) is 0.127. The Morgan fingerprint density at radius 2 is 1.60 bits per heavy atom. The number of halogens is 1. The number of hydrogen-bond acceptors (Lipinski definition) is 10. The minimum atomic E-state index is -0.985. The van der Waals surface area contributed by atoms with E-state index in [1.165, 1.54) is 16.8 Å². The number of pyridine rings is 1. The van der Waals surface area contributed by atoms with E-state index < -0.39 is 23.5 Å². The number of phenols is 1. The van der Waals surface area contributed by atoms with Crippen molar-refractivity contribution in [1.29, 1.82) is 0 Å². The molecule has 0 radical (unpaired) electrons. The van der Waals surface area contributed by atoms with Crippen molar-refractivity contribution in [3.63, 3.8) is 0 Å². The lowest BCUT2D eigenvalue weighted by molar-refractivity contribution is -0.139. The first-order chi connectivity index (χ1) is 21.7. The topological polar surface area (TPSA) is 183 Å². The van der Waals surface area contributed by atoms with Crippen molar-refractivity contribution in [2.45, 2.75) is 32.1 Å². The van der Waals surface area contributed by atoms with Gasteiger partial charge in [-0.3, -0.25) is 14.4 Å². The zero-order valence-electron chi connectivity index (χ0n) is 24.3. The molecule has 0 saturated carbocycles. The fraction of sp³-hybridized carbons (Fsp3) is 0.355. The number of aromatic hydroxyl groups is 1. The van der Waals surface area contributed by atoms with Gasteiger partial charge < -0.3 is 29.5 Å². The van der Waals surface area contributed by atoms with Gasteiger partial charge in [-0.2, -0.15) is 0 Å². The summed E-state index contributed by atoms with van der Waals surface area (Å²) in [5, 5.41) is 35.9. The molecule has 0 fully saturated rings. The molecule has 4 rings (SSSR count). The highest BCUT2D eigenvalue weighted by Gasteiger charge is 2.16. The number of carboxylic acids is 2. The van der Waals surface area contributed by atoms with Crippen LogP contribution in [0.4, 0.5) is 4.39 Å². The van der Waals surface area contributed by atoms with E-state index >= 15 is 0 Å². The number of aromatic nitrogens is 4. The first-order valence-corrected chi connectivity index (χ1v) is 14.2. The van der Waals surface area contributed by atoms with Crippen LogP contribution in [-0.4, -0.2) is 86.1 Å². The van der Waals surface area contributed by atoms with Crippen LogP contribution in [0.5, 0.6) is 11.5 Å². The molecule has 2 aromatic carbocycles. The van der Waals surface area contributed by atoms with Crippen LogP contribution in [0.2, 0.25) is 0 Å². The van der Waals surface area contributed by atoms with Gasteiger partial charge in [0.15, 0.2) is 11.6 Å². The van der Waals surface area contributed by atoms with E-state index in [-0.39, 0.29) is 63.8 Å². The minimum Gasteiger partial charge on any atom is -0.505 e. The fourth-order valence-corrected chi connectivity index (χ4v) is 4.35. The summed E-state index contributed by atoms with van der Waals surface area (Å²) in [6.07, 6.45) is 2.19. The molecule has 0 atom stereocenters. The van der Waals surface area contributed by atoms with Crippen LogP contribution in [0, 0.1) is 11.7 Å². The Labute approximate surface area is 257 Å². The van der Waals surface area contributed by atoms with E-state index in [4.69, 9.17) is 24.4 Å². The van der Waals surface area contributed by atoms with E-state index in [1.807, 2.05) is 12.1 Å². The zero-order valence-corrected chi connectivity index (χ0v) is 24.3. The van der Waals surface area contributed by atoms with Crippen LogP contribution < -0.4 is 4.74 Å². The molecule has 0 spiro atoms. The number of rotatable bonds is 19. The molecule has 0 amide bonds. The van der Waals surface area contributed by atoms with E-state index in [0.29, 0.717) is 41.4 Å². The number of aliphatic carboxylic acids is 2. The molecule has 3 N–H and O–H groups in total. The van der Waals surface area contributed by atoms with E-state index in [9.17, 15) is 23.9 Å². The van der Waals surface area contributed by atoms with Crippen LogP contribution in [0.15, 0.2) is 54.7 Å². The Balaban J connectivity index is 1.25. The fourth-order valence-electron chi connectivity index (χ4n) is 4.35. The summed E-state index contributed by atoms with van der Waals surface area (Å²) in [6, 6.07) is 13.0. The molecule has 4 aromatic rings. The van der Waals surface area contributed by atoms with Gasteiger partial charge in [-0.25, -0.2) is 14.1 Å². The van der Waals surface area contributed by atoms with Crippen molar-refractivity contribution in [3.05, 3.63) is 60.5 Å². The average molecular weight is 625 g/mol. The van der Waals surface area contributed by atoms with Gasteiger partial charge in [-0.05, 0) is 42.8 Å². The number of benzene rings is 2. The molecule has 0 saturated heterocycles. The van der Waals surface area contributed by atoms with Gasteiger partial charge >= 0.3 is 11.9 Å². The number of Topliss-reactive ketones (excluding diaryl/α,β-unsaturated/α-hetero) is 1. The van der Waals surface area contributed by atoms with Crippen LogP contribution in [0.1, 0.15) is 32.1 Å². The summed E-state index contributed by atoms with van der Waals surface area (Å²) < 4.78 is 31.7. The standard InChI is InChI=1S/C31H33FN4O9/c32-25-16-22(4-8-29(25)38)36-17-28(34-35-36)27-6-3-21-15-24(5-7-26(21)33-27)45-11-1-2-23(37)14-20(18-43-12-9-30(39)40)19-44-13-10-31(41)42/h3-8,15-17,20,38H,1-2,9-14,18-19H2,(H,39,40)(H,41,42). The maximum absolute atomic E-state index is 13.7. The first kappa shape index (κ1) is 33.0. The third kappa shape index (κ3) is 10.3. The Morgan fingerprint density at radius 3 is 2.29 bits per heavy atom. The van der Waals surface area contributed by atoms with E-state index in [1.54, 1.807) is 24.4 Å². The molecule has 238 valence electrons. The summed E-state index contributed by atoms with van der Waals surface area (Å²) >= 11 is 0. The van der Waals surface area contributed by atoms with Crippen molar-refractivity contribution in [1.82, 2.24) is 20.0 Å². The summed E-state index contributed by atoms with van der Waals surface area (Å²) in [4.78, 5) is 38.6. The molecule has 0 aliphatic rings. The lowest BCUT2D eigenvalue weighted by Crippen LogP contribution is -2.22. The normalized spacial score (nSPS) is 11.2. The zero-order chi connectivity index (χ0) is 32.2. The number of hydrogen-bond donors (Lipinski definition) is 3. The molecule has 0 aliphatic heterocycles. The van der Waals surface area contributed by atoms with Crippen molar-refractivity contribution < 1.29 is 48.3 Å². The van der Waals surface area contributed by atoms with Gasteiger partial charge in [0.2, 0.25) is 0 Å². The number of carbonyl (C=O) groups is 3. The van der Waals surface area contributed by atoms with Crippen molar-refractivity contribution in [2.75, 3.05) is 33.0 Å². The number of ketones is 1. The van der Waals surface area contributed by atoms with E-state index in [2.05, 4.69) is 15.3 Å². The lowest BCUT2D eigenvalue weighted by atomic mass is 10.0. The molecule has 0 unspecified atom stereocenters. The molecule has 0 aliphatic carbocycles. The summed E-state index contributed by atoms with van der Waals surface area (Å²) in [5.41, 5.74) is 2.15. The molecular weight excluding hydrogens is 591 g/mol. The van der Waals surface area contributed by atoms with Gasteiger partial charge in [0, 0.05) is 30.2 Å². The SMILES string of the molecule is O=C(O)CCOCC(COCCC(=O)O)CC(=O)CCCOc1ccc2nc(-c3cn(-c4ccc(O)c(F)c4)nn3)ccc2c1. The number of phenolic OH excluding ortho intramolecular Hbond substituents is 1. The molecule has 2 heterocycles. The third-order valence-corrected chi connectivity index (χ3v) is 6.62. The Morgan fingerprint density at radius 1 is 0.867 bits per heavy atom.